The van der Waals surface area contributed by atoms with Gasteiger partial charge in [-0.05, 0) is 43.4 Å². The van der Waals surface area contributed by atoms with Gasteiger partial charge in [0.05, 0.1) is 16.8 Å². The Morgan fingerprint density at radius 3 is 2.54 bits per heavy atom. The Morgan fingerprint density at radius 2 is 1.91 bits per heavy atom. The minimum atomic E-state index is -4.91. The molecule has 1 saturated carbocycles. The second kappa shape index (κ2) is 8.27. The van der Waals surface area contributed by atoms with Gasteiger partial charge in [0.15, 0.2) is 11.3 Å². The minimum absolute atomic E-state index is 0.0122. The van der Waals surface area contributed by atoms with E-state index in [1.54, 1.807) is 6.92 Å². The standard InChI is InChI=1S/C22H18Cl2F3N5O3/c1-9(28-14-2-3-15(24)29-17(14)21(34)35)13-5-12(23)8-32-18(13)30-19(16(20(32)33)22(25,26)27)31-6-10-4-11(10)7-31/h2-3,5,8-11,28H,4,6-7H2,1H3,(H,34,35)/t9-,10+,11?/m1/s1. The number of rotatable bonds is 5. The van der Waals surface area contributed by atoms with Gasteiger partial charge in [-0.3, -0.25) is 9.20 Å². The number of anilines is 2. The van der Waals surface area contributed by atoms with Crippen molar-refractivity contribution in [2.75, 3.05) is 23.3 Å². The van der Waals surface area contributed by atoms with Crippen LogP contribution in [0.3, 0.4) is 0 Å². The molecule has 3 aromatic rings. The predicted molar refractivity (Wildman–Crippen MR) is 124 cm³/mol. The highest BCUT2D eigenvalue weighted by molar-refractivity contribution is 6.30. The fraction of sp³-hybridized carbons (Fsp3) is 0.364. The van der Waals surface area contributed by atoms with E-state index < -0.39 is 35.1 Å². The molecule has 8 nitrogen and oxygen atoms in total. The number of alkyl halides is 3. The van der Waals surface area contributed by atoms with Crippen LogP contribution in [0.25, 0.3) is 5.65 Å². The summed E-state index contributed by atoms with van der Waals surface area (Å²) < 4.78 is 42.8. The highest BCUT2D eigenvalue weighted by Gasteiger charge is 2.48. The van der Waals surface area contributed by atoms with Crippen LogP contribution in [0.15, 0.2) is 29.2 Å². The molecule has 2 aliphatic rings. The zero-order chi connectivity index (χ0) is 25.2. The Hall–Kier alpha value is -3.05. The summed E-state index contributed by atoms with van der Waals surface area (Å²) in [5, 5.41) is 12.4. The zero-order valence-corrected chi connectivity index (χ0v) is 19.6. The quantitative estimate of drug-likeness (QED) is 0.462. The number of nitrogens with one attached hydrogen (secondary N) is 1. The zero-order valence-electron chi connectivity index (χ0n) is 18.1. The summed E-state index contributed by atoms with van der Waals surface area (Å²) in [4.78, 5) is 34.4. The van der Waals surface area contributed by atoms with E-state index in [-0.39, 0.29) is 27.2 Å². The number of hydrogen-bond acceptors (Lipinski definition) is 6. The van der Waals surface area contributed by atoms with E-state index >= 15 is 0 Å². The van der Waals surface area contributed by atoms with E-state index in [0.717, 1.165) is 17.0 Å². The number of hydrogen-bond donors (Lipinski definition) is 2. The maximum absolute atomic E-state index is 14.0. The fourth-order valence-electron chi connectivity index (χ4n) is 4.61. The molecular formula is C22H18Cl2F3N5O3. The summed E-state index contributed by atoms with van der Waals surface area (Å²) >= 11 is 12.0. The number of carbonyl (C=O) groups is 1. The molecule has 3 atom stereocenters. The van der Waals surface area contributed by atoms with Crippen molar-refractivity contribution >= 4 is 46.3 Å². The molecule has 13 heteroatoms. The van der Waals surface area contributed by atoms with E-state index in [1.165, 1.54) is 23.1 Å². The third kappa shape index (κ3) is 4.27. The van der Waals surface area contributed by atoms with Crippen LogP contribution in [0, 0.1) is 11.8 Å². The van der Waals surface area contributed by atoms with Crippen LogP contribution in [0.5, 0.6) is 0 Å². The van der Waals surface area contributed by atoms with Crippen molar-refractivity contribution < 1.29 is 23.1 Å². The summed E-state index contributed by atoms with van der Waals surface area (Å²) in [5.74, 6) is -1.09. The lowest BCUT2D eigenvalue weighted by Crippen LogP contribution is -2.34. The Bertz CT molecular complexity index is 1420. The predicted octanol–water partition coefficient (Wildman–Crippen LogP) is 4.74. The number of aromatic carboxylic acids is 1. The number of piperidine rings is 1. The highest BCUT2D eigenvalue weighted by Crippen LogP contribution is 2.47. The Balaban J connectivity index is 1.66. The van der Waals surface area contributed by atoms with Crippen molar-refractivity contribution in [1.29, 1.82) is 0 Å². The van der Waals surface area contributed by atoms with Gasteiger partial charge in [0, 0.05) is 24.8 Å². The first kappa shape index (κ1) is 23.7. The average molecular weight is 528 g/mol. The molecule has 184 valence electrons. The maximum atomic E-state index is 14.0. The Labute approximate surface area is 206 Å². The number of halogens is 5. The number of fused-ring (bicyclic) bond motifs is 2. The molecule has 0 radical (unpaired) electrons. The molecule has 0 aromatic carbocycles. The number of carboxylic acid groups (broad SMARTS) is 1. The molecule has 2 N–H and O–H groups in total. The lowest BCUT2D eigenvalue weighted by atomic mass is 10.1. The largest absolute Gasteiger partial charge is 0.476 e. The summed E-state index contributed by atoms with van der Waals surface area (Å²) in [7, 11) is 0. The van der Waals surface area contributed by atoms with Crippen molar-refractivity contribution in [3.8, 4) is 0 Å². The van der Waals surface area contributed by atoms with Gasteiger partial charge < -0.3 is 15.3 Å². The van der Waals surface area contributed by atoms with Crippen LogP contribution in [0.2, 0.25) is 10.2 Å². The molecular weight excluding hydrogens is 510 g/mol. The van der Waals surface area contributed by atoms with Gasteiger partial charge >= 0.3 is 12.1 Å². The normalized spacial score (nSPS) is 20.1. The third-order valence-corrected chi connectivity index (χ3v) is 6.78. The number of aromatic nitrogens is 3. The van der Waals surface area contributed by atoms with Crippen LogP contribution in [0.1, 0.15) is 41.0 Å². The molecule has 1 saturated heterocycles. The maximum Gasteiger partial charge on any atom is 0.425 e. The van der Waals surface area contributed by atoms with Crippen molar-refractivity contribution in [2.24, 2.45) is 11.8 Å². The second-order valence-corrected chi connectivity index (χ2v) is 9.61. The number of pyridine rings is 2. The van der Waals surface area contributed by atoms with Gasteiger partial charge in [0.2, 0.25) is 0 Å². The first-order valence-corrected chi connectivity index (χ1v) is 11.4. The van der Waals surface area contributed by atoms with Crippen molar-refractivity contribution in [3.05, 3.63) is 61.7 Å². The summed E-state index contributed by atoms with van der Waals surface area (Å²) in [6.45, 7) is 2.46. The molecule has 2 fully saturated rings. The van der Waals surface area contributed by atoms with Gasteiger partial charge in [-0.25, -0.2) is 14.8 Å². The van der Waals surface area contributed by atoms with E-state index in [2.05, 4.69) is 15.3 Å². The molecule has 1 unspecified atom stereocenters. The van der Waals surface area contributed by atoms with E-state index in [4.69, 9.17) is 23.2 Å². The molecule has 1 aliphatic carbocycles. The minimum Gasteiger partial charge on any atom is -0.476 e. The highest BCUT2D eigenvalue weighted by atomic mass is 35.5. The van der Waals surface area contributed by atoms with Gasteiger partial charge in [0.1, 0.15) is 16.6 Å². The first-order chi connectivity index (χ1) is 16.4. The van der Waals surface area contributed by atoms with E-state index in [9.17, 15) is 27.9 Å². The summed E-state index contributed by atoms with van der Waals surface area (Å²) in [6.07, 6.45) is -2.85. The SMILES string of the molecule is C[C@@H](Nc1ccc(Cl)nc1C(=O)O)c1cc(Cl)cn2c(=O)c(C(F)(F)F)c(N3CC4C[C@H]4C3)nc12. The van der Waals surface area contributed by atoms with E-state index in [0.29, 0.717) is 30.5 Å². The molecule has 35 heavy (non-hydrogen) atoms. The third-order valence-electron chi connectivity index (χ3n) is 6.36. The number of nitrogens with zero attached hydrogens (tertiary/aromatic N) is 4. The van der Waals surface area contributed by atoms with Crippen molar-refractivity contribution in [3.63, 3.8) is 0 Å². The van der Waals surface area contributed by atoms with Crippen LogP contribution < -0.4 is 15.8 Å². The summed E-state index contributed by atoms with van der Waals surface area (Å²) in [5.41, 5.74) is -2.52. The molecule has 4 heterocycles. The van der Waals surface area contributed by atoms with Crippen LogP contribution in [0.4, 0.5) is 24.7 Å². The monoisotopic (exact) mass is 527 g/mol. The van der Waals surface area contributed by atoms with Crippen molar-refractivity contribution in [1.82, 2.24) is 14.4 Å². The van der Waals surface area contributed by atoms with Crippen LogP contribution in [-0.2, 0) is 6.18 Å². The lowest BCUT2D eigenvalue weighted by Gasteiger charge is -2.25. The fourth-order valence-corrected chi connectivity index (χ4v) is 4.97. The second-order valence-electron chi connectivity index (χ2n) is 8.78. The first-order valence-electron chi connectivity index (χ1n) is 10.7. The van der Waals surface area contributed by atoms with Crippen LogP contribution in [-0.4, -0.2) is 38.5 Å². The summed E-state index contributed by atoms with van der Waals surface area (Å²) in [6, 6.07) is 3.58. The van der Waals surface area contributed by atoms with Gasteiger partial charge in [-0.15, -0.1) is 0 Å². The molecule has 1 aliphatic heterocycles. The molecule has 0 spiro atoms. The lowest BCUT2D eigenvalue weighted by molar-refractivity contribution is -0.138. The molecule has 3 aromatic heterocycles. The Kier molecular flexibility index (Phi) is 5.59. The van der Waals surface area contributed by atoms with E-state index in [1.807, 2.05) is 0 Å². The van der Waals surface area contributed by atoms with Gasteiger partial charge in [-0.1, -0.05) is 23.2 Å². The van der Waals surface area contributed by atoms with Gasteiger partial charge in [-0.2, -0.15) is 13.2 Å². The van der Waals surface area contributed by atoms with Crippen molar-refractivity contribution in [2.45, 2.75) is 25.6 Å². The molecule has 0 bridgehead atoms. The molecule has 5 rings (SSSR count). The van der Waals surface area contributed by atoms with Gasteiger partial charge in [0.25, 0.3) is 5.56 Å². The average Bonchev–Trinajstić information content (AvgIpc) is 3.38. The Morgan fingerprint density at radius 1 is 1.23 bits per heavy atom. The molecule has 0 amide bonds. The van der Waals surface area contributed by atoms with Crippen LogP contribution >= 0.6 is 23.2 Å². The topological polar surface area (TPSA) is 99.8 Å². The smallest absolute Gasteiger partial charge is 0.425 e. The number of carboxylic acids is 1.